The van der Waals surface area contributed by atoms with Gasteiger partial charge in [0.15, 0.2) is 0 Å². The molecule has 0 amide bonds. The van der Waals surface area contributed by atoms with E-state index in [1.807, 2.05) is 42.5 Å². The van der Waals surface area contributed by atoms with Crippen LogP contribution in [-0.2, 0) is 0 Å². The van der Waals surface area contributed by atoms with Gasteiger partial charge >= 0.3 is 0 Å². The maximum absolute atomic E-state index is 13.6. The minimum absolute atomic E-state index is 0.101. The highest BCUT2D eigenvalue weighted by Gasteiger charge is 2.48. The first-order valence-electron chi connectivity index (χ1n) is 11.6. The van der Waals surface area contributed by atoms with Crippen molar-refractivity contribution < 1.29 is 8.91 Å². The van der Waals surface area contributed by atoms with Crippen molar-refractivity contribution in [2.24, 2.45) is 0 Å². The van der Waals surface area contributed by atoms with Crippen molar-refractivity contribution in [1.82, 2.24) is 15.0 Å². The standard InChI is InChI=1S/C28H26FN3O/c1-32-23-15-16-25(32)26(24(17-23)20-11-13-22(29)14-12-20)28-30-27(31-33-28)21-9-7-19(8-10-21)18-5-3-2-4-6-18/h2-14,23-26H,15-17H2,1H3/t23-,24+,25-,26+/m1/s1. The van der Waals surface area contributed by atoms with Gasteiger partial charge < -0.3 is 4.52 Å². The van der Waals surface area contributed by atoms with E-state index in [2.05, 4.69) is 41.4 Å². The van der Waals surface area contributed by atoms with Gasteiger partial charge in [-0.15, -0.1) is 0 Å². The molecule has 3 heterocycles. The molecule has 6 rings (SSSR count). The summed E-state index contributed by atoms with van der Waals surface area (Å²) in [6.45, 7) is 0. The van der Waals surface area contributed by atoms with Crippen molar-refractivity contribution in [2.45, 2.75) is 43.2 Å². The van der Waals surface area contributed by atoms with Gasteiger partial charge in [0.05, 0.1) is 5.92 Å². The second-order valence-corrected chi connectivity index (χ2v) is 9.28. The first-order chi connectivity index (χ1) is 16.2. The highest BCUT2D eigenvalue weighted by Crippen LogP contribution is 2.50. The number of hydrogen-bond donors (Lipinski definition) is 0. The normalized spacial score (nSPS) is 24.8. The zero-order valence-corrected chi connectivity index (χ0v) is 18.6. The van der Waals surface area contributed by atoms with E-state index >= 15 is 0 Å². The van der Waals surface area contributed by atoms with Gasteiger partial charge in [-0.2, -0.15) is 4.98 Å². The lowest BCUT2D eigenvalue weighted by molar-refractivity contribution is 0.120. The highest BCUT2D eigenvalue weighted by molar-refractivity contribution is 5.67. The molecule has 2 saturated heterocycles. The third-order valence-electron chi connectivity index (χ3n) is 7.54. The summed E-state index contributed by atoms with van der Waals surface area (Å²) in [6.07, 6.45) is 3.32. The summed E-state index contributed by atoms with van der Waals surface area (Å²) in [5.41, 5.74) is 4.43. The summed E-state index contributed by atoms with van der Waals surface area (Å²) >= 11 is 0. The molecular weight excluding hydrogens is 413 g/mol. The molecule has 3 aromatic carbocycles. The Bertz CT molecular complexity index is 1240. The minimum atomic E-state index is -0.203. The van der Waals surface area contributed by atoms with Crippen molar-refractivity contribution in [2.75, 3.05) is 7.05 Å². The molecule has 0 N–H and O–H groups in total. The van der Waals surface area contributed by atoms with Crippen LogP contribution >= 0.6 is 0 Å². The van der Waals surface area contributed by atoms with E-state index in [9.17, 15) is 4.39 Å². The Balaban J connectivity index is 1.32. The molecule has 0 spiro atoms. The van der Waals surface area contributed by atoms with Gasteiger partial charge in [0.1, 0.15) is 5.82 Å². The van der Waals surface area contributed by atoms with Gasteiger partial charge in [0, 0.05) is 17.6 Å². The quantitative estimate of drug-likeness (QED) is 0.375. The molecule has 2 fully saturated rings. The highest BCUT2D eigenvalue weighted by atomic mass is 19.1. The number of halogens is 1. The van der Waals surface area contributed by atoms with Crippen LogP contribution in [-0.4, -0.2) is 34.2 Å². The monoisotopic (exact) mass is 439 g/mol. The van der Waals surface area contributed by atoms with Crippen LogP contribution in [0.15, 0.2) is 83.4 Å². The summed E-state index contributed by atoms with van der Waals surface area (Å²) in [4.78, 5) is 7.35. The third-order valence-corrected chi connectivity index (χ3v) is 7.54. The van der Waals surface area contributed by atoms with Crippen molar-refractivity contribution in [3.63, 3.8) is 0 Å². The fourth-order valence-corrected chi connectivity index (χ4v) is 5.79. The Labute approximate surface area is 193 Å². The molecule has 2 bridgehead atoms. The van der Waals surface area contributed by atoms with Gasteiger partial charge in [-0.25, -0.2) is 4.39 Å². The van der Waals surface area contributed by atoms with E-state index in [1.165, 1.54) is 12.0 Å². The fraction of sp³-hybridized carbons (Fsp3) is 0.286. The molecule has 33 heavy (non-hydrogen) atoms. The van der Waals surface area contributed by atoms with Crippen LogP contribution < -0.4 is 0 Å². The average molecular weight is 440 g/mol. The Morgan fingerprint density at radius 2 is 1.55 bits per heavy atom. The lowest BCUT2D eigenvalue weighted by atomic mass is 9.76. The van der Waals surface area contributed by atoms with Gasteiger partial charge in [-0.1, -0.05) is 71.9 Å². The molecule has 2 aliphatic rings. The SMILES string of the molecule is CN1[C@@H]2CC[C@@H]1[C@@H](c1nc(-c3ccc(-c4ccccc4)cc3)no1)[C@H](c1ccc(F)cc1)C2. The van der Waals surface area contributed by atoms with E-state index in [4.69, 9.17) is 9.51 Å². The van der Waals surface area contributed by atoms with Crippen LogP contribution in [0.25, 0.3) is 22.5 Å². The molecule has 0 aliphatic carbocycles. The molecule has 4 atom stereocenters. The average Bonchev–Trinajstić information content (AvgIpc) is 3.42. The maximum atomic E-state index is 13.6. The first-order valence-corrected chi connectivity index (χ1v) is 11.6. The number of benzene rings is 3. The molecule has 1 aromatic heterocycles. The predicted octanol–water partition coefficient (Wildman–Crippen LogP) is 6.28. The molecule has 0 saturated carbocycles. The van der Waals surface area contributed by atoms with Crippen molar-refractivity contribution in [3.05, 3.63) is 96.1 Å². The van der Waals surface area contributed by atoms with Crippen LogP contribution in [0, 0.1) is 5.82 Å². The molecule has 0 radical (unpaired) electrons. The van der Waals surface area contributed by atoms with Crippen molar-refractivity contribution >= 4 is 0 Å². The van der Waals surface area contributed by atoms with Crippen LogP contribution in [0.3, 0.4) is 0 Å². The van der Waals surface area contributed by atoms with Crippen LogP contribution in [0.2, 0.25) is 0 Å². The second-order valence-electron chi connectivity index (χ2n) is 9.28. The van der Waals surface area contributed by atoms with Crippen LogP contribution in [0.1, 0.15) is 42.6 Å². The summed E-state index contributed by atoms with van der Waals surface area (Å²) in [6, 6.07) is 26.4. The number of aromatic nitrogens is 2. The van der Waals surface area contributed by atoms with Gasteiger partial charge in [0.2, 0.25) is 11.7 Å². The Kier molecular flexibility index (Phi) is 5.07. The second kappa shape index (κ2) is 8.23. The van der Waals surface area contributed by atoms with E-state index < -0.39 is 0 Å². The zero-order valence-electron chi connectivity index (χ0n) is 18.6. The summed E-state index contributed by atoms with van der Waals surface area (Å²) < 4.78 is 19.5. The third kappa shape index (κ3) is 3.66. The summed E-state index contributed by atoms with van der Waals surface area (Å²) in [5.74, 6) is 1.44. The fourth-order valence-electron chi connectivity index (χ4n) is 5.79. The van der Waals surface area contributed by atoms with E-state index in [0.29, 0.717) is 23.8 Å². The summed E-state index contributed by atoms with van der Waals surface area (Å²) in [5, 5.41) is 4.35. The van der Waals surface area contributed by atoms with Crippen LogP contribution in [0.5, 0.6) is 0 Å². The number of nitrogens with zero attached hydrogens (tertiary/aromatic N) is 3. The molecule has 166 valence electrons. The van der Waals surface area contributed by atoms with E-state index in [-0.39, 0.29) is 17.7 Å². The van der Waals surface area contributed by atoms with Gasteiger partial charge in [0.25, 0.3) is 0 Å². The summed E-state index contributed by atoms with van der Waals surface area (Å²) in [7, 11) is 2.20. The lowest BCUT2D eigenvalue weighted by Gasteiger charge is -2.41. The lowest BCUT2D eigenvalue weighted by Crippen LogP contribution is -2.44. The van der Waals surface area contributed by atoms with E-state index in [0.717, 1.165) is 29.5 Å². The topological polar surface area (TPSA) is 42.2 Å². The molecule has 4 aromatic rings. The van der Waals surface area contributed by atoms with Gasteiger partial charge in [-0.05, 0) is 61.1 Å². The number of piperidine rings is 1. The number of likely N-dealkylation sites (N-methyl/N-ethyl adjacent to an activating group) is 1. The molecule has 0 unspecified atom stereocenters. The molecular formula is C28H26FN3O. The Morgan fingerprint density at radius 1 is 0.848 bits per heavy atom. The largest absolute Gasteiger partial charge is 0.339 e. The minimum Gasteiger partial charge on any atom is -0.339 e. The zero-order chi connectivity index (χ0) is 22.4. The Hall–Kier alpha value is -3.31. The van der Waals surface area contributed by atoms with Gasteiger partial charge in [-0.3, -0.25) is 4.90 Å². The Morgan fingerprint density at radius 3 is 2.30 bits per heavy atom. The molecule has 4 nitrogen and oxygen atoms in total. The maximum Gasteiger partial charge on any atom is 0.232 e. The predicted molar refractivity (Wildman–Crippen MR) is 126 cm³/mol. The number of hydrogen-bond acceptors (Lipinski definition) is 4. The van der Waals surface area contributed by atoms with Crippen molar-refractivity contribution in [3.8, 4) is 22.5 Å². The molecule has 2 aliphatic heterocycles. The number of rotatable bonds is 4. The molecule has 5 heteroatoms. The first kappa shape index (κ1) is 20.3. The van der Waals surface area contributed by atoms with E-state index in [1.54, 1.807) is 12.1 Å². The van der Waals surface area contributed by atoms with Crippen molar-refractivity contribution in [1.29, 1.82) is 0 Å². The number of fused-ring (bicyclic) bond motifs is 2. The van der Waals surface area contributed by atoms with Crippen LogP contribution in [0.4, 0.5) is 4.39 Å². The smallest absolute Gasteiger partial charge is 0.232 e.